The van der Waals surface area contributed by atoms with Crippen molar-refractivity contribution in [1.82, 2.24) is 34.5 Å². The molecule has 1 fully saturated rings. The monoisotopic (exact) mass is 439 g/mol. The molecule has 1 aromatic carbocycles. The number of benzene rings is 1. The minimum Gasteiger partial charge on any atom is -0.378 e. The van der Waals surface area contributed by atoms with Crippen LogP contribution >= 0.6 is 0 Å². The molecule has 1 aliphatic heterocycles. The molecule has 12 heteroatoms. The topological polar surface area (TPSA) is 98.0 Å². The second-order valence-electron chi connectivity index (χ2n) is 7.09. The molecule has 0 bridgehead atoms. The molecule has 10 nitrogen and oxygen atoms in total. The first kappa shape index (κ1) is 20.1. The fourth-order valence-corrected chi connectivity index (χ4v) is 3.48. The number of para-hydroxylation sites is 2. The molecule has 0 amide bonds. The van der Waals surface area contributed by atoms with Crippen molar-refractivity contribution in [2.45, 2.75) is 6.43 Å². The highest BCUT2D eigenvalue weighted by Crippen LogP contribution is 2.29. The minimum atomic E-state index is -2.81. The maximum Gasteiger partial charge on any atom is 0.296 e. The normalized spacial score (nSPS) is 14.3. The van der Waals surface area contributed by atoms with E-state index in [1.165, 1.54) is 10.9 Å². The van der Waals surface area contributed by atoms with Gasteiger partial charge < -0.3 is 14.5 Å². The van der Waals surface area contributed by atoms with E-state index in [1.807, 2.05) is 4.90 Å². The summed E-state index contributed by atoms with van der Waals surface area (Å²) in [5.74, 6) is 0.269. The number of rotatable bonds is 5. The van der Waals surface area contributed by atoms with Crippen molar-refractivity contribution in [2.75, 3.05) is 43.2 Å². The molecule has 0 radical (unpaired) electrons. The van der Waals surface area contributed by atoms with Crippen molar-refractivity contribution in [2.24, 2.45) is 0 Å². The molecule has 1 aliphatic rings. The van der Waals surface area contributed by atoms with Crippen molar-refractivity contribution in [1.29, 1.82) is 0 Å². The summed E-state index contributed by atoms with van der Waals surface area (Å²) in [6, 6.07) is 6.89. The number of imidazole rings is 1. The Morgan fingerprint density at radius 2 is 1.69 bits per heavy atom. The minimum absolute atomic E-state index is 0.0594. The molecule has 32 heavy (non-hydrogen) atoms. The number of alkyl halides is 2. The van der Waals surface area contributed by atoms with Crippen LogP contribution in [-0.4, -0.2) is 67.8 Å². The third kappa shape index (κ3) is 3.68. The number of fused-ring (bicyclic) bond motifs is 1. The van der Waals surface area contributed by atoms with E-state index in [0.29, 0.717) is 49.0 Å². The highest BCUT2D eigenvalue weighted by Gasteiger charge is 2.25. The molecule has 3 aromatic heterocycles. The smallest absolute Gasteiger partial charge is 0.296 e. The number of anilines is 3. The third-order valence-corrected chi connectivity index (χ3v) is 5.11. The van der Waals surface area contributed by atoms with Gasteiger partial charge in [0.25, 0.3) is 6.43 Å². The number of halogens is 2. The van der Waals surface area contributed by atoms with E-state index in [2.05, 4.69) is 29.9 Å². The van der Waals surface area contributed by atoms with Gasteiger partial charge in [-0.1, -0.05) is 12.1 Å². The van der Waals surface area contributed by atoms with E-state index < -0.39 is 12.2 Å². The Morgan fingerprint density at radius 1 is 0.969 bits per heavy atom. The van der Waals surface area contributed by atoms with E-state index in [9.17, 15) is 8.78 Å². The van der Waals surface area contributed by atoms with Gasteiger partial charge in [0.05, 0.1) is 42.3 Å². The third-order valence-electron chi connectivity index (χ3n) is 5.11. The van der Waals surface area contributed by atoms with Crippen LogP contribution in [-0.2, 0) is 4.74 Å². The predicted molar refractivity (Wildman–Crippen MR) is 113 cm³/mol. The summed E-state index contributed by atoms with van der Waals surface area (Å²) in [6.45, 7) is 2.20. The fourth-order valence-electron chi connectivity index (χ4n) is 3.48. The van der Waals surface area contributed by atoms with Crippen molar-refractivity contribution in [3.63, 3.8) is 0 Å². The van der Waals surface area contributed by atoms with Gasteiger partial charge in [0.2, 0.25) is 17.8 Å². The predicted octanol–water partition coefficient (Wildman–Crippen LogP) is 2.54. The average molecular weight is 439 g/mol. The zero-order valence-electron chi connectivity index (χ0n) is 17.1. The summed E-state index contributed by atoms with van der Waals surface area (Å²) >= 11 is 0. The number of hydrogen-bond acceptors (Lipinski definition) is 9. The zero-order valence-corrected chi connectivity index (χ0v) is 17.1. The van der Waals surface area contributed by atoms with Crippen LogP contribution in [0.4, 0.5) is 26.4 Å². The zero-order chi connectivity index (χ0) is 22.1. The standard InChI is InChI=1S/C20H19F2N9O/c1-29(13-10-23-12-24-11-13)18-26-19(30-6-8-32-9-7-30)28-20(27-18)31-15-5-3-2-4-14(15)25-17(31)16(21)22/h2-5,10-12,16H,6-9H2,1H3. The van der Waals surface area contributed by atoms with Gasteiger partial charge in [0.1, 0.15) is 6.33 Å². The molecule has 0 saturated carbocycles. The SMILES string of the molecule is CN(c1cncnc1)c1nc(N2CCOCC2)nc(-n2c(C(F)F)nc3ccccc32)n1. The molecule has 4 aromatic rings. The number of morpholine rings is 1. The van der Waals surface area contributed by atoms with Crippen LogP contribution in [0.1, 0.15) is 12.2 Å². The van der Waals surface area contributed by atoms with Gasteiger partial charge in [0.15, 0.2) is 5.82 Å². The molecular formula is C20H19F2N9O. The van der Waals surface area contributed by atoms with Crippen molar-refractivity contribution >= 4 is 28.6 Å². The highest BCUT2D eigenvalue weighted by atomic mass is 19.3. The largest absolute Gasteiger partial charge is 0.378 e. The maximum atomic E-state index is 13.9. The fraction of sp³-hybridized carbons (Fsp3) is 0.300. The Balaban J connectivity index is 1.70. The lowest BCUT2D eigenvalue weighted by atomic mass is 10.3. The summed E-state index contributed by atoms with van der Waals surface area (Å²) in [5, 5.41) is 0. The van der Waals surface area contributed by atoms with E-state index in [4.69, 9.17) is 4.74 Å². The maximum absolute atomic E-state index is 13.9. The van der Waals surface area contributed by atoms with Gasteiger partial charge in [-0.15, -0.1) is 0 Å². The molecule has 1 saturated heterocycles. The van der Waals surface area contributed by atoms with Crippen LogP contribution in [0.15, 0.2) is 43.0 Å². The van der Waals surface area contributed by atoms with Gasteiger partial charge in [0, 0.05) is 20.1 Å². The molecule has 5 rings (SSSR count). The van der Waals surface area contributed by atoms with Gasteiger partial charge in [-0.2, -0.15) is 15.0 Å². The van der Waals surface area contributed by atoms with E-state index >= 15 is 0 Å². The molecule has 0 N–H and O–H groups in total. The molecule has 0 atom stereocenters. The number of ether oxygens (including phenoxy) is 1. The lowest BCUT2D eigenvalue weighted by Crippen LogP contribution is -2.38. The summed E-state index contributed by atoms with van der Waals surface area (Å²) in [7, 11) is 1.75. The molecule has 4 heterocycles. The van der Waals surface area contributed by atoms with Gasteiger partial charge in [-0.05, 0) is 12.1 Å². The molecule has 0 aliphatic carbocycles. The second-order valence-corrected chi connectivity index (χ2v) is 7.09. The van der Waals surface area contributed by atoms with Crippen molar-refractivity contribution in [3.8, 4) is 5.95 Å². The Hall–Kier alpha value is -3.80. The van der Waals surface area contributed by atoms with Crippen LogP contribution in [0.25, 0.3) is 17.0 Å². The van der Waals surface area contributed by atoms with Gasteiger partial charge in [-0.3, -0.25) is 4.57 Å². The highest BCUT2D eigenvalue weighted by molar-refractivity contribution is 5.77. The quantitative estimate of drug-likeness (QED) is 0.465. The van der Waals surface area contributed by atoms with Crippen LogP contribution in [0.3, 0.4) is 0 Å². The van der Waals surface area contributed by atoms with Crippen molar-refractivity contribution in [3.05, 3.63) is 48.8 Å². The Kier molecular flexibility index (Phi) is 5.27. The number of nitrogens with zero attached hydrogens (tertiary/aromatic N) is 9. The Labute approximate surface area is 181 Å². The van der Waals surface area contributed by atoms with Crippen LogP contribution in [0.2, 0.25) is 0 Å². The van der Waals surface area contributed by atoms with Crippen LogP contribution in [0, 0.1) is 0 Å². The van der Waals surface area contributed by atoms with Gasteiger partial charge in [-0.25, -0.2) is 23.7 Å². The van der Waals surface area contributed by atoms with Crippen molar-refractivity contribution < 1.29 is 13.5 Å². The van der Waals surface area contributed by atoms with Gasteiger partial charge >= 0.3 is 0 Å². The number of aromatic nitrogens is 7. The molecule has 164 valence electrons. The summed E-state index contributed by atoms with van der Waals surface area (Å²) < 4.78 is 34.6. The summed E-state index contributed by atoms with van der Waals surface area (Å²) in [5.41, 5.74) is 1.56. The van der Waals surface area contributed by atoms with E-state index in [1.54, 1.807) is 48.6 Å². The number of hydrogen-bond donors (Lipinski definition) is 0. The summed E-state index contributed by atoms with van der Waals surface area (Å²) in [6.07, 6.45) is 1.83. The Morgan fingerprint density at radius 3 is 2.44 bits per heavy atom. The van der Waals surface area contributed by atoms with E-state index in [-0.39, 0.29) is 11.9 Å². The lowest BCUT2D eigenvalue weighted by molar-refractivity contribution is 0.122. The first-order valence-electron chi connectivity index (χ1n) is 9.95. The summed E-state index contributed by atoms with van der Waals surface area (Å²) in [4.78, 5) is 29.4. The van der Waals surface area contributed by atoms with E-state index in [0.717, 1.165) is 0 Å². The first-order valence-corrected chi connectivity index (χ1v) is 9.95. The van der Waals surface area contributed by atoms with Crippen LogP contribution in [0.5, 0.6) is 0 Å². The first-order chi connectivity index (χ1) is 15.6. The Bertz CT molecular complexity index is 1230. The molecule has 0 spiro atoms. The second kappa shape index (κ2) is 8.38. The van der Waals surface area contributed by atoms with Crippen LogP contribution < -0.4 is 9.80 Å². The lowest BCUT2D eigenvalue weighted by Gasteiger charge is -2.28. The molecular weight excluding hydrogens is 420 g/mol. The average Bonchev–Trinajstić information content (AvgIpc) is 3.24. The molecule has 0 unspecified atom stereocenters.